The molecule has 1 aromatic carbocycles. The average Bonchev–Trinajstić information content (AvgIpc) is 2.86. The van der Waals surface area contributed by atoms with Gasteiger partial charge in [-0.25, -0.2) is 4.98 Å². The van der Waals surface area contributed by atoms with Crippen molar-refractivity contribution < 1.29 is 4.74 Å². The molecular weight excluding hydrogens is 256 g/mol. The van der Waals surface area contributed by atoms with Gasteiger partial charge in [-0.1, -0.05) is 12.1 Å². The number of ether oxygens (including phenoxy) is 1. The maximum atomic E-state index is 5.75. The second-order valence-corrected chi connectivity index (χ2v) is 4.59. The Bertz CT molecular complexity index is 501. The highest BCUT2D eigenvalue weighted by Crippen LogP contribution is 2.33. The predicted octanol–water partition coefficient (Wildman–Crippen LogP) is 3.66. The summed E-state index contributed by atoms with van der Waals surface area (Å²) in [6.07, 6.45) is 0. The van der Waals surface area contributed by atoms with Gasteiger partial charge >= 0.3 is 0 Å². The van der Waals surface area contributed by atoms with E-state index in [9.17, 15) is 0 Å². The van der Waals surface area contributed by atoms with Gasteiger partial charge in [0, 0.05) is 12.4 Å². The monoisotopic (exact) mass is 268 g/mol. The quantitative estimate of drug-likeness (QED) is 0.792. The molecule has 0 saturated carbocycles. The van der Waals surface area contributed by atoms with Gasteiger partial charge in [0.25, 0.3) is 0 Å². The highest BCUT2D eigenvalue weighted by Gasteiger charge is 2.12. The summed E-state index contributed by atoms with van der Waals surface area (Å²) in [7, 11) is 3.63. The molecule has 1 heterocycles. The first-order valence-electron chi connectivity index (χ1n) is 5.13. The molecular formula is C12H13ClN2OS. The third kappa shape index (κ3) is 2.53. The molecule has 0 radical (unpaired) electrons. The fraction of sp³-hybridized carbons (Fsp3) is 0.250. The minimum Gasteiger partial charge on any atom is -0.495 e. The van der Waals surface area contributed by atoms with Crippen molar-refractivity contribution in [2.24, 2.45) is 0 Å². The molecule has 17 heavy (non-hydrogen) atoms. The molecule has 5 heteroatoms. The molecule has 0 amide bonds. The van der Waals surface area contributed by atoms with Crippen LogP contribution in [0.25, 0.3) is 0 Å². The highest BCUT2D eigenvalue weighted by atomic mass is 35.5. The summed E-state index contributed by atoms with van der Waals surface area (Å²) < 4.78 is 5.33. The molecule has 0 bridgehead atoms. The summed E-state index contributed by atoms with van der Waals surface area (Å²) in [5.74, 6) is 1.27. The van der Waals surface area contributed by atoms with Crippen LogP contribution >= 0.6 is 22.9 Å². The first kappa shape index (κ1) is 12.2. The maximum Gasteiger partial charge on any atom is 0.189 e. The van der Waals surface area contributed by atoms with E-state index in [-0.39, 0.29) is 0 Å². The van der Waals surface area contributed by atoms with Crippen molar-refractivity contribution in [3.05, 3.63) is 35.3 Å². The smallest absolute Gasteiger partial charge is 0.189 e. The third-order valence-electron chi connectivity index (χ3n) is 2.41. The van der Waals surface area contributed by atoms with Gasteiger partial charge in [-0.3, -0.25) is 0 Å². The molecule has 0 spiro atoms. The van der Waals surface area contributed by atoms with Crippen molar-refractivity contribution >= 4 is 33.8 Å². The summed E-state index contributed by atoms with van der Waals surface area (Å²) in [6, 6.07) is 7.86. The largest absolute Gasteiger partial charge is 0.495 e. The number of aromatic nitrogens is 1. The van der Waals surface area contributed by atoms with Crippen molar-refractivity contribution in [1.82, 2.24) is 4.98 Å². The van der Waals surface area contributed by atoms with Gasteiger partial charge in [0.15, 0.2) is 5.13 Å². The summed E-state index contributed by atoms with van der Waals surface area (Å²) in [6.45, 7) is 0. The van der Waals surface area contributed by atoms with Crippen LogP contribution in [0.4, 0.5) is 10.8 Å². The summed E-state index contributed by atoms with van der Waals surface area (Å²) in [4.78, 5) is 6.44. The minimum absolute atomic E-state index is 0.441. The molecule has 2 rings (SSSR count). The van der Waals surface area contributed by atoms with Crippen molar-refractivity contribution in [1.29, 1.82) is 0 Å². The Morgan fingerprint density at radius 2 is 2.18 bits per heavy atom. The number of hydrogen-bond donors (Lipinski definition) is 0. The fourth-order valence-electron chi connectivity index (χ4n) is 1.52. The summed E-state index contributed by atoms with van der Waals surface area (Å²) in [5.41, 5.74) is 1.89. The van der Waals surface area contributed by atoms with Crippen LogP contribution in [0.5, 0.6) is 5.75 Å². The van der Waals surface area contributed by atoms with E-state index < -0.39 is 0 Å². The van der Waals surface area contributed by atoms with E-state index in [1.165, 1.54) is 0 Å². The number of nitrogens with zero attached hydrogens (tertiary/aromatic N) is 2. The maximum absolute atomic E-state index is 5.75. The molecule has 0 atom stereocenters. The Hall–Kier alpha value is -1.26. The zero-order valence-corrected chi connectivity index (χ0v) is 11.3. The van der Waals surface area contributed by atoms with Gasteiger partial charge in [0.2, 0.25) is 0 Å². The van der Waals surface area contributed by atoms with Crippen LogP contribution in [0.15, 0.2) is 29.6 Å². The lowest BCUT2D eigenvalue weighted by atomic mass is 10.3. The van der Waals surface area contributed by atoms with Gasteiger partial charge in [-0.2, -0.15) is 0 Å². The Morgan fingerprint density at radius 3 is 2.82 bits per heavy atom. The fourth-order valence-corrected chi connectivity index (χ4v) is 2.55. The van der Waals surface area contributed by atoms with Crippen LogP contribution in [0.3, 0.4) is 0 Å². The zero-order valence-electron chi connectivity index (χ0n) is 9.68. The number of halogens is 1. The number of alkyl halides is 1. The highest BCUT2D eigenvalue weighted by molar-refractivity contribution is 7.13. The molecule has 0 unspecified atom stereocenters. The van der Waals surface area contributed by atoms with E-state index in [2.05, 4.69) is 4.98 Å². The first-order chi connectivity index (χ1) is 8.26. The normalized spacial score (nSPS) is 10.3. The number of thiazole rings is 1. The van der Waals surface area contributed by atoms with Crippen LogP contribution in [0.1, 0.15) is 5.69 Å². The molecule has 0 fully saturated rings. The lowest BCUT2D eigenvalue weighted by Crippen LogP contribution is -2.10. The van der Waals surface area contributed by atoms with Crippen LogP contribution in [0, 0.1) is 0 Å². The van der Waals surface area contributed by atoms with Crippen LogP contribution in [0.2, 0.25) is 0 Å². The number of benzene rings is 1. The molecule has 3 nitrogen and oxygen atoms in total. The second kappa shape index (κ2) is 5.38. The lowest BCUT2D eigenvalue weighted by molar-refractivity contribution is 0.415. The van der Waals surface area contributed by atoms with Crippen LogP contribution in [-0.4, -0.2) is 19.1 Å². The van der Waals surface area contributed by atoms with Crippen molar-refractivity contribution in [3.8, 4) is 5.75 Å². The first-order valence-corrected chi connectivity index (χ1v) is 6.54. The summed E-state index contributed by atoms with van der Waals surface area (Å²) >= 11 is 7.32. The van der Waals surface area contributed by atoms with Crippen molar-refractivity contribution in [3.63, 3.8) is 0 Å². The van der Waals surface area contributed by atoms with E-state index >= 15 is 0 Å². The van der Waals surface area contributed by atoms with E-state index in [1.54, 1.807) is 18.4 Å². The van der Waals surface area contributed by atoms with Crippen LogP contribution < -0.4 is 9.64 Å². The van der Waals surface area contributed by atoms with E-state index in [0.717, 1.165) is 22.3 Å². The number of rotatable bonds is 4. The van der Waals surface area contributed by atoms with Gasteiger partial charge in [0.05, 0.1) is 24.4 Å². The van der Waals surface area contributed by atoms with Crippen LogP contribution in [-0.2, 0) is 5.88 Å². The number of hydrogen-bond acceptors (Lipinski definition) is 4. The van der Waals surface area contributed by atoms with Gasteiger partial charge < -0.3 is 9.64 Å². The van der Waals surface area contributed by atoms with Gasteiger partial charge in [0.1, 0.15) is 5.75 Å². The van der Waals surface area contributed by atoms with E-state index in [4.69, 9.17) is 16.3 Å². The minimum atomic E-state index is 0.441. The Balaban J connectivity index is 2.32. The van der Waals surface area contributed by atoms with Gasteiger partial charge in [-0.05, 0) is 12.1 Å². The topological polar surface area (TPSA) is 25.4 Å². The zero-order chi connectivity index (χ0) is 12.3. The third-order valence-corrected chi connectivity index (χ3v) is 3.65. The molecule has 0 N–H and O–H groups in total. The molecule has 0 aliphatic heterocycles. The lowest BCUT2D eigenvalue weighted by Gasteiger charge is -2.18. The Kier molecular flexibility index (Phi) is 3.86. The van der Waals surface area contributed by atoms with E-state index in [1.807, 2.05) is 41.6 Å². The van der Waals surface area contributed by atoms with E-state index in [0.29, 0.717) is 5.88 Å². The predicted molar refractivity (Wildman–Crippen MR) is 72.7 cm³/mol. The molecule has 1 aromatic heterocycles. The SMILES string of the molecule is COc1ccccc1N(C)c1nc(CCl)cs1. The van der Waals surface area contributed by atoms with Crippen molar-refractivity contribution in [2.75, 3.05) is 19.1 Å². The Morgan fingerprint density at radius 1 is 1.41 bits per heavy atom. The summed E-state index contributed by atoms with van der Waals surface area (Å²) in [5, 5.41) is 2.87. The molecule has 90 valence electrons. The number of para-hydroxylation sites is 2. The Labute approximate surface area is 110 Å². The molecule has 2 aromatic rings. The average molecular weight is 269 g/mol. The van der Waals surface area contributed by atoms with Gasteiger partial charge in [-0.15, -0.1) is 22.9 Å². The second-order valence-electron chi connectivity index (χ2n) is 3.49. The molecule has 0 aliphatic carbocycles. The number of anilines is 2. The van der Waals surface area contributed by atoms with Crippen molar-refractivity contribution in [2.45, 2.75) is 5.88 Å². The standard InChI is InChI=1S/C12H13ClN2OS/c1-15(12-14-9(7-13)8-17-12)10-5-3-4-6-11(10)16-2/h3-6,8H,7H2,1-2H3. The molecule has 0 aliphatic rings. The number of methoxy groups -OCH3 is 1. The molecule has 0 saturated heterocycles.